The van der Waals surface area contributed by atoms with Crippen molar-refractivity contribution in [2.45, 2.75) is 44.4 Å². The Bertz CT molecular complexity index is 563. The monoisotopic (exact) mass is 317 g/mol. The molecule has 0 bridgehead atoms. The Kier molecular flexibility index (Phi) is 6.09. The number of aromatic nitrogens is 2. The summed E-state index contributed by atoms with van der Waals surface area (Å²) in [5.41, 5.74) is 2.38. The standard InChI is InChI=1S/C18H27N3S/c1-15(12-18(2,3)22-4)19-11-10-16-13-20-21(14-16)17-8-6-5-7-9-17/h5-9,13-15,19H,10-12H2,1-4H3. The van der Waals surface area contributed by atoms with Crippen molar-refractivity contribution in [1.29, 1.82) is 0 Å². The van der Waals surface area contributed by atoms with Crippen LogP contribution in [0.4, 0.5) is 0 Å². The molecule has 0 aliphatic heterocycles. The molecule has 0 saturated carbocycles. The van der Waals surface area contributed by atoms with Gasteiger partial charge in [0.25, 0.3) is 0 Å². The minimum Gasteiger partial charge on any atom is -0.314 e. The Morgan fingerprint density at radius 2 is 2.00 bits per heavy atom. The van der Waals surface area contributed by atoms with E-state index in [-0.39, 0.29) is 0 Å². The lowest BCUT2D eigenvalue weighted by Gasteiger charge is -2.26. The summed E-state index contributed by atoms with van der Waals surface area (Å²) in [6.45, 7) is 7.87. The largest absolute Gasteiger partial charge is 0.314 e. The van der Waals surface area contributed by atoms with Crippen molar-refractivity contribution in [2.75, 3.05) is 12.8 Å². The molecular formula is C18H27N3S. The summed E-state index contributed by atoms with van der Waals surface area (Å²) < 4.78 is 2.28. The van der Waals surface area contributed by atoms with Gasteiger partial charge in [-0.25, -0.2) is 4.68 Å². The van der Waals surface area contributed by atoms with Gasteiger partial charge in [-0.3, -0.25) is 0 Å². The summed E-state index contributed by atoms with van der Waals surface area (Å²) >= 11 is 1.93. The number of hydrogen-bond donors (Lipinski definition) is 1. The molecule has 4 heteroatoms. The highest BCUT2D eigenvalue weighted by molar-refractivity contribution is 7.99. The molecule has 3 nitrogen and oxygen atoms in total. The van der Waals surface area contributed by atoms with Gasteiger partial charge in [-0.15, -0.1) is 0 Å². The second-order valence-corrected chi connectivity index (χ2v) is 7.92. The van der Waals surface area contributed by atoms with Crippen LogP contribution in [0.15, 0.2) is 42.7 Å². The van der Waals surface area contributed by atoms with Crippen LogP contribution in [-0.2, 0) is 6.42 Å². The van der Waals surface area contributed by atoms with Crippen molar-refractivity contribution in [1.82, 2.24) is 15.1 Å². The molecule has 0 amide bonds. The zero-order valence-electron chi connectivity index (χ0n) is 14.0. The Balaban J connectivity index is 1.80. The highest BCUT2D eigenvalue weighted by atomic mass is 32.2. The number of nitrogens with one attached hydrogen (secondary N) is 1. The maximum absolute atomic E-state index is 4.44. The predicted molar refractivity (Wildman–Crippen MR) is 96.9 cm³/mol. The lowest BCUT2D eigenvalue weighted by molar-refractivity contribution is 0.469. The van der Waals surface area contributed by atoms with Gasteiger partial charge in [-0.05, 0) is 50.3 Å². The fourth-order valence-electron chi connectivity index (χ4n) is 2.57. The summed E-state index contributed by atoms with van der Waals surface area (Å²) in [5, 5.41) is 8.06. The molecule has 0 radical (unpaired) electrons. The third kappa shape index (κ3) is 5.18. The molecule has 0 spiro atoms. The molecule has 1 unspecified atom stereocenters. The van der Waals surface area contributed by atoms with Crippen molar-refractivity contribution in [3.8, 4) is 5.69 Å². The summed E-state index contributed by atoms with van der Waals surface area (Å²) in [5.74, 6) is 0. The van der Waals surface area contributed by atoms with Crippen LogP contribution in [-0.4, -0.2) is 33.4 Å². The number of para-hydroxylation sites is 1. The fourth-order valence-corrected chi connectivity index (χ4v) is 2.98. The predicted octanol–water partition coefficient (Wildman–Crippen LogP) is 3.92. The lowest BCUT2D eigenvalue weighted by Crippen LogP contribution is -2.33. The van der Waals surface area contributed by atoms with Gasteiger partial charge >= 0.3 is 0 Å². The van der Waals surface area contributed by atoms with E-state index in [1.165, 1.54) is 12.0 Å². The number of rotatable bonds is 8. The minimum atomic E-state index is 0.338. The van der Waals surface area contributed by atoms with Crippen molar-refractivity contribution >= 4 is 11.8 Å². The van der Waals surface area contributed by atoms with Crippen molar-refractivity contribution < 1.29 is 0 Å². The zero-order valence-corrected chi connectivity index (χ0v) is 14.9. The number of hydrogen-bond acceptors (Lipinski definition) is 3. The maximum Gasteiger partial charge on any atom is 0.0645 e. The first-order valence-electron chi connectivity index (χ1n) is 7.88. The average Bonchev–Trinajstić information content (AvgIpc) is 2.96. The smallest absolute Gasteiger partial charge is 0.0645 e. The van der Waals surface area contributed by atoms with Crippen LogP contribution in [0.25, 0.3) is 5.69 Å². The summed E-state index contributed by atoms with van der Waals surface area (Å²) in [7, 11) is 0. The van der Waals surface area contributed by atoms with E-state index in [0.717, 1.165) is 18.7 Å². The normalized spacial score (nSPS) is 13.3. The summed E-state index contributed by atoms with van der Waals surface area (Å²) in [4.78, 5) is 0. The third-order valence-electron chi connectivity index (χ3n) is 3.91. The van der Waals surface area contributed by atoms with Crippen molar-refractivity contribution in [2.24, 2.45) is 0 Å². The molecule has 1 aromatic heterocycles. The van der Waals surface area contributed by atoms with Gasteiger partial charge in [0.1, 0.15) is 0 Å². The van der Waals surface area contributed by atoms with Crippen LogP contribution in [0.3, 0.4) is 0 Å². The Morgan fingerprint density at radius 3 is 2.68 bits per heavy atom. The van der Waals surface area contributed by atoms with E-state index in [0.29, 0.717) is 10.8 Å². The van der Waals surface area contributed by atoms with Gasteiger partial charge in [0.15, 0.2) is 0 Å². The zero-order chi connectivity index (χ0) is 16.0. The van der Waals surface area contributed by atoms with Crippen molar-refractivity contribution in [3.63, 3.8) is 0 Å². The lowest BCUT2D eigenvalue weighted by atomic mass is 10.0. The van der Waals surface area contributed by atoms with E-state index < -0.39 is 0 Å². The number of benzene rings is 1. The van der Waals surface area contributed by atoms with Crippen LogP contribution in [0.5, 0.6) is 0 Å². The van der Waals surface area contributed by atoms with E-state index >= 15 is 0 Å². The van der Waals surface area contributed by atoms with Crippen molar-refractivity contribution in [3.05, 3.63) is 48.3 Å². The molecule has 2 aromatic rings. The third-order valence-corrected chi connectivity index (χ3v) is 5.19. The number of nitrogens with zero attached hydrogens (tertiary/aromatic N) is 2. The molecule has 1 N–H and O–H groups in total. The molecule has 1 aromatic carbocycles. The van der Waals surface area contributed by atoms with E-state index in [9.17, 15) is 0 Å². The summed E-state index contributed by atoms with van der Waals surface area (Å²) in [6.07, 6.45) is 8.46. The molecule has 1 heterocycles. The molecule has 0 saturated heterocycles. The van der Waals surface area contributed by atoms with Gasteiger partial charge in [-0.2, -0.15) is 16.9 Å². The van der Waals surface area contributed by atoms with E-state index in [1.807, 2.05) is 40.8 Å². The topological polar surface area (TPSA) is 29.9 Å². The molecule has 0 fully saturated rings. The molecule has 2 rings (SSSR count). The van der Waals surface area contributed by atoms with Crippen LogP contribution in [0.1, 0.15) is 32.8 Å². The highest BCUT2D eigenvalue weighted by Crippen LogP contribution is 2.26. The second kappa shape index (κ2) is 7.84. The Morgan fingerprint density at radius 1 is 1.27 bits per heavy atom. The Labute approximate surface area is 138 Å². The van der Waals surface area contributed by atoms with Crippen LogP contribution in [0, 0.1) is 0 Å². The molecule has 22 heavy (non-hydrogen) atoms. The second-order valence-electron chi connectivity index (χ2n) is 6.40. The van der Waals surface area contributed by atoms with Gasteiger partial charge < -0.3 is 5.32 Å². The first-order valence-corrected chi connectivity index (χ1v) is 9.10. The van der Waals surface area contributed by atoms with Gasteiger partial charge in [0.05, 0.1) is 11.9 Å². The quantitative estimate of drug-likeness (QED) is 0.800. The van der Waals surface area contributed by atoms with Crippen LogP contribution < -0.4 is 5.32 Å². The van der Waals surface area contributed by atoms with E-state index in [4.69, 9.17) is 0 Å². The van der Waals surface area contributed by atoms with Gasteiger partial charge in [-0.1, -0.05) is 32.0 Å². The fraction of sp³-hybridized carbons (Fsp3) is 0.500. The molecular weight excluding hydrogens is 290 g/mol. The molecule has 0 aliphatic rings. The average molecular weight is 318 g/mol. The first kappa shape index (κ1) is 17.1. The van der Waals surface area contributed by atoms with E-state index in [2.05, 4.69) is 55.8 Å². The van der Waals surface area contributed by atoms with Crippen LogP contribution >= 0.6 is 11.8 Å². The summed E-state index contributed by atoms with van der Waals surface area (Å²) in [6, 6.07) is 10.8. The molecule has 120 valence electrons. The minimum absolute atomic E-state index is 0.338. The van der Waals surface area contributed by atoms with Gasteiger partial charge in [0, 0.05) is 17.0 Å². The maximum atomic E-state index is 4.44. The molecule has 0 aliphatic carbocycles. The van der Waals surface area contributed by atoms with Gasteiger partial charge in [0.2, 0.25) is 0 Å². The highest BCUT2D eigenvalue weighted by Gasteiger charge is 2.19. The molecule has 1 atom stereocenters. The van der Waals surface area contributed by atoms with E-state index in [1.54, 1.807) is 0 Å². The first-order chi connectivity index (χ1) is 10.5. The Hall–Kier alpha value is -1.26. The number of thioether (sulfide) groups is 1. The SMILES string of the molecule is CSC(C)(C)CC(C)NCCc1cnn(-c2ccccc2)c1. The van der Waals surface area contributed by atoms with Crippen LogP contribution in [0.2, 0.25) is 0 Å².